The fraction of sp³-hybridized carbons (Fsp3) is 0.136. The summed E-state index contributed by atoms with van der Waals surface area (Å²) in [6, 6.07) is 15.5. The molecule has 0 unspecified atom stereocenters. The first kappa shape index (κ1) is 18.3. The average molecular weight is 382 g/mol. The van der Waals surface area contributed by atoms with Gasteiger partial charge >= 0.3 is 0 Å². The van der Waals surface area contributed by atoms with Gasteiger partial charge in [0.05, 0.1) is 52.1 Å². The lowest BCUT2D eigenvalue weighted by atomic mass is 9.91. The first-order valence-corrected chi connectivity index (χ1v) is 8.86. The molecular formula is C22H15FN6. The summed E-state index contributed by atoms with van der Waals surface area (Å²) in [6.45, 7) is 3.60. The van der Waals surface area contributed by atoms with Crippen LogP contribution in [0.15, 0.2) is 54.9 Å². The van der Waals surface area contributed by atoms with Gasteiger partial charge in [-0.3, -0.25) is 4.40 Å². The first-order valence-electron chi connectivity index (χ1n) is 8.86. The van der Waals surface area contributed by atoms with Crippen molar-refractivity contribution < 1.29 is 4.39 Å². The van der Waals surface area contributed by atoms with E-state index in [-0.39, 0.29) is 5.56 Å². The second-order valence-electron chi connectivity index (χ2n) is 7.07. The van der Waals surface area contributed by atoms with Crippen molar-refractivity contribution in [2.75, 3.05) is 0 Å². The number of pyridine rings is 1. The van der Waals surface area contributed by atoms with Crippen molar-refractivity contribution in [3.63, 3.8) is 0 Å². The fourth-order valence-electron chi connectivity index (χ4n) is 3.03. The summed E-state index contributed by atoms with van der Waals surface area (Å²) in [5.41, 5.74) is 2.61. The van der Waals surface area contributed by atoms with Gasteiger partial charge in [-0.05, 0) is 50.2 Å². The Balaban J connectivity index is 1.81. The molecule has 0 aliphatic heterocycles. The Morgan fingerprint density at radius 1 is 1.03 bits per heavy atom. The van der Waals surface area contributed by atoms with Crippen LogP contribution in [0.5, 0.6) is 0 Å². The molecule has 0 bridgehead atoms. The number of nitriles is 2. The standard InChI is InChI=1S/C22H15FN6/c1-22(2,13-25)20-8-9-29-19(12-26-21(29)28-20)18-5-3-4-17(27-18)16-7-6-15(23)10-14(16)11-24/h3-10,12H,1-2H3. The van der Waals surface area contributed by atoms with Crippen molar-refractivity contribution in [3.8, 4) is 34.8 Å². The van der Waals surface area contributed by atoms with Crippen molar-refractivity contribution in [1.82, 2.24) is 19.4 Å². The maximum atomic E-state index is 13.5. The largest absolute Gasteiger partial charge is 0.282 e. The highest BCUT2D eigenvalue weighted by Gasteiger charge is 2.22. The molecule has 4 rings (SSSR count). The summed E-state index contributed by atoms with van der Waals surface area (Å²) in [4.78, 5) is 13.5. The number of fused-ring (bicyclic) bond motifs is 1. The Hall–Kier alpha value is -4.10. The Bertz CT molecular complexity index is 1320. The van der Waals surface area contributed by atoms with Gasteiger partial charge in [0.2, 0.25) is 5.78 Å². The van der Waals surface area contributed by atoms with Crippen LogP contribution in [-0.4, -0.2) is 19.4 Å². The summed E-state index contributed by atoms with van der Waals surface area (Å²) in [5, 5.41) is 18.6. The molecule has 0 fully saturated rings. The summed E-state index contributed by atoms with van der Waals surface area (Å²) in [5.74, 6) is -0.00191. The lowest BCUT2D eigenvalue weighted by Gasteiger charge is -2.14. The van der Waals surface area contributed by atoms with E-state index in [0.29, 0.717) is 28.4 Å². The Morgan fingerprint density at radius 2 is 1.83 bits per heavy atom. The van der Waals surface area contributed by atoms with Crippen molar-refractivity contribution in [3.05, 3.63) is 71.9 Å². The quantitative estimate of drug-likeness (QED) is 0.528. The molecule has 0 spiro atoms. The van der Waals surface area contributed by atoms with Gasteiger partial charge in [0.1, 0.15) is 5.82 Å². The van der Waals surface area contributed by atoms with E-state index in [1.165, 1.54) is 12.1 Å². The summed E-state index contributed by atoms with van der Waals surface area (Å²) >= 11 is 0. The van der Waals surface area contributed by atoms with Gasteiger partial charge in [-0.25, -0.2) is 19.3 Å². The van der Waals surface area contributed by atoms with E-state index in [1.54, 1.807) is 42.6 Å². The smallest absolute Gasteiger partial charge is 0.234 e. The van der Waals surface area contributed by atoms with E-state index >= 15 is 0 Å². The molecule has 29 heavy (non-hydrogen) atoms. The third kappa shape index (κ3) is 3.19. The molecule has 0 amide bonds. The zero-order valence-electron chi connectivity index (χ0n) is 15.8. The number of benzene rings is 1. The minimum Gasteiger partial charge on any atom is -0.282 e. The normalized spacial score (nSPS) is 11.2. The van der Waals surface area contributed by atoms with Crippen LogP contribution >= 0.6 is 0 Å². The van der Waals surface area contributed by atoms with Crippen molar-refractivity contribution >= 4 is 5.78 Å². The highest BCUT2D eigenvalue weighted by Crippen LogP contribution is 2.27. The third-order valence-corrected chi connectivity index (χ3v) is 4.69. The molecule has 0 saturated carbocycles. The van der Waals surface area contributed by atoms with Crippen LogP contribution in [0.1, 0.15) is 25.1 Å². The van der Waals surface area contributed by atoms with Crippen LogP contribution < -0.4 is 0 Å². The van der Waals surface area contributed by atoms with E-state index in [4.69, 9.17) is 0 Å². The van der Waals surface area contributed by atoms with Gasteiger partial charge in [-0.2, -0.15) is 10.5 Å². The van der Waals surface area contributed by atoms with E-state index in [9.17, 15) is 14.9 Å². The number of hydrogen-bond donors (Lipinski definition) is 0. The average Bonchev–Trinajstić information content (AvgIpc) is 3.17. The van der Waals surface area contributed by atoms with Crippen molar-refractivity contribution in [2.45, 2.75) is 19.3 Å². The molecular weight excluding hydrogens is 367 g/mol. The molecule has 3 heterocycles. The first-order chi connectivity index (χ1) is 13.9. The fourth-order valence-corrected chi connectivity index (χ4v) is 3.03. The molecule has 140 valence electrons. The molecule has 0 atom stereocenters. The predicted molar refractivity (Wildman–Crippen MR) is 105 cm³/mol. The molecule has 1 aromatic carbocycles. The summed E-state index contributed by atoms with van der Waals surface area (Å²) in [6.07, 6.45) is 3.47. The summed E-state index contributed by atoms with van der Waals surface area (Å²) < 4.78 is 15.2. The zero-order chi connectivity index (χ0) is 20.6. The Morgan fingerprint density at radius 3 is 2.59 bits per heavy atom. The molecule has 0 aliphatic rings. The minimum absolute atomic E-state index is 0.220. The van der Waals surface area contributed by atoms with Gasteiger partial charge in [0.25, 0.3) is 0 Å². The SMILES string of the molecule is CC(C)(C#N)c1ccn2c(-c3cccc(-c4ccc(F)cc4C#N)n3)cnc2n1. The van der Waals surface area contributed by atoms with Crippen molar-refractivity contribution in [1.29, 1.82) is 10.5 Å². The maximum absolute atomic E-state index is 13.5. The Labute approximate surface area is 166 Å². The van der Waals surface area contributed by atoms with Crippen LogP contribution in [0, 0.1) is 28.5 Å². The number of imidazole rings is 1. The highest BCUT2D eigenvalue weighted by atomic mass is 19.1. The second kappa shape index (κ2) is 6.81. The minimum atomic E-state index is -0.720. The Kier molecular flexibility index (Phi) is 4.29. The zero-order valence-corrected chi connectivity index (χ0v) is 15.8. The van der Waals surface area contributed by atoms with Gasteiger partial charge < -0.3 is 0 Å². The molecule has 0 aliphatic carbocycles. The number of rotatable bonds is 3. The van der Waals surface area contributed by atoms with E-state index in [2.05, 4.69) is 21.0 Å². The van der Waals surface area contributed by atoms with Gasteiger partial charge in [0, 0.05) is 11.8 Å². The van der Waals surface area contributed by atoms with E-state index in [0.717, 1.165) is 5.69 Å². The molecule has 0 saturated heterocycles. The number of aromatic nitrogens is 4. The lowest BCUT2D eigenvalue weighted by molar-refractivity contribution is 0.627. The topological polar surface area (TPSA) is 90.7 Å². The summed E-state index contributed by atoms with van der Waals surface area (Å²) in [7, 11) is 0. The van der Waals surface area contributed by atoms with Crippen LogP contribution in [0.3, 0.4) is 0 Å². The predicted octanol–water partition coefficient (Wildman–Crippen LogP) is 4.27. The van der Waals surface area contributed by atoms with Gasteiger partial charge in [-0.15, -0.1) is 0 Å². The third-order valence-electron chi connectivity index (χ3n) is 4.69. The van der Waals surface area contributed by atoms with Crippen molar-refractivity contribution in [2.24, 2.45) is 0 Å². The molecule has 7 heteroatoms. The van der Waals surface area contributed by atoms with Crippen LogP contribution in [0.25, 0.3) is 28.4 Å². The van der Waals surface area contributed by atoms with Gasteiger partial charge in [-0.1, -0.05) is 6.07 Å². The van der Waals surface area contributed by atoms with E-state index in [1.807, 2.05) is 24.4 Å². The monoisotopic (exact) mass is 382 g/mol. The molecule has 0 N–H and O–H groups in total. The lowest BCUT2D eigenvalue weighted by Crippen LogP contribution is -2.16. The molecule has 4 aromatic rings. The number of hydrogen-bond acceptors (Lipinski definition) is 5. The molecule has 0 radical (unpaired) electrons. The van der Waals surface area contributed by atoms with E-state index < -0.39 is 11.2 Å². The number of halogens is 1. The molecule has 3 aromatic heterocycles. The van der Waals surface area contributed by atoms with Gasteiger partial charge in [0.15, 0.2) is 0 Å². The van der Waals surface area contributed by atoms with Crippen LogP contribution in [0.4, 0.5) is 4.39 Å². The maximum Gasteiger partial charge on any atom is 0.234 e. The highest BCUT2D eigenvalue weighted by molar-refractivity contribution is 5.70. The second-order valence-corrected chi connectivity index (χ2v) is 7.07. The molecule has 6 nitrogen and oxygen atoms in total. The van der Waals surface area contributed by atoms with Crippen LogP contribution in [0.2, 0.25) is 0 Å². The van der Waals surface area contributed by atoms with Crippen LogP contribution in [-0.2, 0) is 5.41 Å². The number of nitrogens with zero attached hydrogens (tertiary/aromatic N) is 6.